The molecule has 8 heteroatoms. The Labute approximate surface area is 159 Å². The zero-order valence-corrected chi connectivity index (χ0v) is 16.6. The number of amides is 1. The maximum atomic E-state index is 12.9. The highest BCUT2D eigenvalue weighted by Gasteiger charge is 2.33. The summed E-state index contributed by atoms with van der Waals surface area (Å²) in [5.74, 6) is 0.771. The Hall–Kier alpha value is -2.48. The second-order valence-corrected chi connectivity index (χ2v) is 8.23. The molecule has 2 heterocycles. The van der Waals surface area contributed by atoms with Crippen LogP contribution in [0.4, 0.5) is 0 Å². The fourth-order valence-electron chi connectivity index (χ4n) is 3.38. The van der Waals surface area contributed by atoms with Gasteiger partial charge in [-0.1, -0.05) is 27.7 Å². The molecule has 0 radical (unpaired) electrons. The Balaban J connectivity index is 1.99. The SMILES string of the molecule is CO[n+]1ccnc(-n2nc(C(=O)NC(CO)C(C)(C)C)c3c2CC(C)C3)c1. The predicted octanol–water partition coefficient (Wildman–Crippen LogP) is 0.485. The highest BCUT2D eigenvalue weighted by atomic mass is 16.6. The molecule has 0 saturated carbocycles. The van der Waals surface area contributed by atoms with Crippen molar-refractivity contribution >= 4 is 5.91 Å². The van der Waals surface area contributed by atoms with Crippen molar-refractivity contribution in [2.24, 2.45) is 11.3 Å². The maximum Gasteiger partial charge on any atom is 0.272 e. The summed E-state index contributed by atoms with van der Waals surface area (Å²) in [6.07, 6.45) is 6.69. The zero-order chi connectivity index (χ0) is 19.8. The second kappa shape index (κ2) is 7.26. The highest BCUT2D eigenvalue weighted by molar-refractivity contribution is 5.94. The Kier molecular flexibility index (Phi) is 5.19. The van der Waals surface area contributed by atoms with Crippen molar-refractivity contribution in [2.45, 2.75) is 46.6 Å². The predicted molar refractivity (Wildman–Crippen MR) is 98.4 cm³/mol. The van der Waals surface area contributed by atoms with Crippen molar-refractivity contribution in [3.05, 3.63) is 35.5 Å². The minimum atomic E-state index is -0.352. The number of hydrogen-bond acceptors (Lipinski definition) is 5. The first-order chi connectivity index (χ1) is 12.7. The van der Waals surface area contributed by atoms with Crippen molar-refractivity contribution in [2.75, 3.05) is 13.7 Å². The molecule has 8 nitrogen and oxygen atoms in total. The molecule has 3 rings (SSSR count). The summed E-state index contributed by atoms with van der Waals surface area (Å²) in [6, 6.07) is -0.352. The van der Waals surface area contributed by atoms with E-state index in [1.165, 1.54) is 4.73 Å². The highest BCUT2D eigenvalue weighted by Crippen LogP contribution is 2.31. The van der Waals surface area contributed by atoms with Crippen LogP contribution in [0.25, 0.3) is 5.82 Å². The van der Waals surface area contributed by atoms with E-state index < -0.39 is 0 Å². The number of hydrogen-bond donors (Lipinski definition) is 2. The van der Waals surface area contributed by atoms with Crippen LogP contribution >= 0.6 is 0 Å². The average Bonchev–Trinajstić information content (AvgIpc) is 3.15. The van der Waals surface area contributed by atoms with Crippen LogP contribution in [-0.4, -0.2) is 45.5 Å². The first kappa shape index (κ1) is 19.3. The van der Waals surface area contributed by atoms with Crippen LogP contribution in [0.1, 0.15) is 49.4 Å². The number of rotatable bonds is 5. The quantitative estimate of drug-likeness (QED) is 0.743. The van der Waals surface area contributed by atoms with Crippen LogP contribution < -0.4 is 14.9 Å². The van der Waals surface area contributed by atoms with Crippen LogP contribution in [0.15, 0.2) is 18.6 Å². The van der Waals surface area contributed by atoms with Crippen molar-refractivity contribution in [3.8, 4) is 5.82 Å². The number of aromatic nitrogens is 4. The average molecular weight is 374 g/mol. The number of aliphatic hydroxyl groups is 1. The number of carbonyl (C=O) groups is 1. The zero-order valence-electron chi connectivity index (χ0n) is 16.6. The Bertz CT molecular complexity index is 840. The topological polar surface area (TPSA) is 93.2 Å². The molecule has 0 aliphatic heterocycles. The van der Waals surface area contributed by atoms with E-state index >= 15 is 0 Å². The third-order valence-electron chi connectivity index (χ3n) is 5.02. The van der Waals surface area contributed by atoms with Gasteiger partial charge in [-0.15, -0.1) is 0 Å². The van der Waals surface area contributed by atoms with Crippen molar-refractivity contribution in [1.82, 2.24) is 20.1 Å². The first-order valence-corrected chi connectivity index (χ1v) is 9.19. The lowest BCUT2D eigenvalue weighted by Gasteiger charge is -2.29. The molecule has 1 aliphatic carbocycles. The fourth-order valence-corrected chi connectivity index (χ4v) is 3.38. The molecule has 2 unspecified atom stereocenters. The number of nitrogens with one attached hydrogen (secondary N) is 1. The Morgan fingerprint density at radius 3 is 2.85 bits per heavy atom. The van der Waals surface area contributed by atoms with Gasteiger partial charge in [-0.25, -0.2) is 9.67 Å². The summed E-state index contributed by atoms with van der Waals surface area (Å²) in [5, 5.41) is 17.2. The van der Waals surface area contributed by atoms with Crippen LogP contribution in [-0.2, 0) is 12.8 Å². The third-order valence-corrected chi connectivity index (χ3v) is 5.02. The van der Waals surface area contributed by atoms with E-state index in [4.69, 9.17) is 4.84 Å². The van der Waals surface area contributed by atoms with E-state index in [0.29, 0.717) is 17.4 Å². The monoisotopic (exact) mass is 374 g/mol. The summed E-state index contributed by atoms with van der Waals surface area (Å²) in [7, 11) is 1.57. The van der Waals surface area contributed by atoms with Crippen LogP contribution in [0.2, 0.25) is 0 Å². The molecule has 0 fully saturated rings. The molecular weight excluding hydrogens is 346 g/mol. The van der Waals surface area contributed by atoms with Gasteiger partial charge in [0.2, 0.25) is 12.0 Å². The van der Waals surface area contributed by atoms with Crippen LogP contribution in [0.5, 0.6) is 0 Å². The van der Waals surface area contributed by atoms with Gasteiger partial charge in [0.1, 0.15) is 7.11 Å². The van der Waals surface area contributed by atoms with Gasteiger partial charge in [0.25, 0.3) is 12.1 Å². The summed E-state index contributed by atoms with van der Waals surface area (Å²) >= 11 is 0. The fraction of sp³-hybridized carbons (Fsp3) is 0.579. The molecule has 27 heavy (non-hydrogen) atoms. The van der Waals surface area contributed by atoms with Crippen molar-refractivity contribution in [1.29, 1.82) is 0 Å². The van der Waals surface area contributed by atoms with Gasteiger partial charge in [-0.05, 0) is 24.2 Å². The maximum absolute atomic E-state index is 12.9. The molecule has 1 amide bonds. The van der Waals surface area contributed by atoms with E-state index in [2.05, 4.69) is 22.3 Å². The first-order valence-electron chi connectivity index (χ1n) is 9.19. The van der Waals surface area contributed by atoms with Gasteiger partial charge >= 0.3 is 0 Å². The van der Waals surface area contributed by atoms with Gasteiger partial charge < -0.3 is 10.4 Å². The van der Waals surface area contributed by atoms with E-state index in [0.717, 1.165) is 24.1 Å². The molecule has 2 aromatic rings. The molecule has 146 valence electrons. The molecule has 0 aromatic carbocycles. The van der Waals surface area contributed by atoms with E-state index in [1.807, 2.05) is 20.8 Å². The lowest BCUT2D eigenvalue weighted by molar-refractivity contribution is -0.885. The lowest BCUT2D eigenvalue weighted by atomic mass is 9.87. The normalized spacial score (nSPS) is 17.5. The molecule has 0 saturated heterocycles. The Morgan fingerprint density at radius 2 is 2.22 bits per heavy atom. The lowest BCUT2D eigenvalue weighted by Crippen LogP contribution is -2.46. The molecule has 2 N–H and O–H groups in total. The molecule has 2 aromatic heterocycles. The minimum absolute atomic E-state index is 0.122. The number of carbonyl (C=O) groups excluding carboxylic acids is 1. The molecule has 0 bridgehead atoms. The molecule has 0 spiro atoms. The van der Waals surface area contributed by atoms with Crippen molar-refractivity contribution < 1.29 is 19.5 Å². The minimum Gasteiger partial charge on any atom is -0.394 e. The number of aliphatic hydroxyl groups excluding tert-OH is 1. The van der Waals surface area contributed by atoms with Crippen molar-refractivity contribution in [3.63, 3.8) is 0 Å². The summed E-state index contributed by atoms with van der Waals surface area (Å²) in [6.45, 7) is 7.98. The standard InChI is InChI=1S/C19H27N5O3/c1-12-8-13-14(9-12)24(16-10-23(27-5)7-6-20-16)22-17(13)18(26)21-15(11-25)19(2,3)4/h6-7,10,12,15,25H,8-9,11H2,1-5H3/p+1. The van der Waals surface area contributed by atoms with Crippen LogP contribution in [0, 0.1) is 11.3 Å². The molecule has 2 atom stereocenters. The van der Waals surface area contributed by atoms with Gasteiger partial charge in [-0.2, -0.15) is 5.10 Å². The van der Waals surface area contributed by atoms with Gasteiger partial charge in [0.15, 0.2) is 5.69 Å². The largest absolute Gasteiger partial charge is 0.394 e. The van der Waals surface area contributed by atoms with E-state index in [1.54, 1.807) is 30.4 Å². The summed E-state index contributed by atoms with van der Waals surface area (Å²) in [4.78, 5) is 22.5. The van der Waals surface area contributed by atoms with Gasteiger partial charge in [-0.3, -0.25) is 9.63 Å². The smallest absolute Gasteiger partial charge is 0.272 e. The number of fused-ring (bicyclic) bond motifs is 1. The Morgan fingerprint density at radius 1 is 1.48 bits per heavy atom. The third kappa shape index (κ3) is 3.80. The van der Waals surface area contributed by atoms with Crippen LogP contribution in [0.3, 0.4) is 0 Å². The number of nitrogens with zero attached hydrogens (tertiary/aromatic N) is 4. The summed E-state index contributed by atoms with van der Waals surface area (Å²) < 4.78 is 3.27. The van der Waals surface area contributed by atoms with E-state index in [9.17, 15) is 9.90 Å². The second-order valence-electron chi connectivity index (χ2n) is 8.23. The molecular formula is C19H28N5O3+. The summed E-state index contributed by atoms with van der Waals surface area (Å²) in [5.41, 5.74) is 2.12. The molecule has 1 aliphatic rings. The van der Waals surface area contributed by atoms with E-state index in [-0.39, 0.29) is 24.0 Å². The van der Waals surface area contributed by atoms with Gasteiger partial charge in [0.05, 0.1) is 24.5 Å². The van der Waals surface area contributed by atoms with Gasteiger partial charge in [0, 0.05) is 10.3 Å².